The van der Waals surface area contributed by atoms with E-state index in [1.807, 2.05) is 6.92 Å². The molecule has 0 aromatic rings. The SMILES string of the molecule is CC#N.CCCO. The van der Waals surface area contributed by atoms with Crippen LogP contribution in [0, 0.1) is 11.3 Å². The summed E-state index contributed by atoms with van der Waals surface area (Å²) in [4.78, 5) is 0. The summed E-state index contributed by atoms with van der Waals surface area (Å²) in [6, 6.07) is 1.75. The van der Waals surface area contributed by atoms with Crippen LogP contribution >= 0.6 is 0 Å². The van der Waals surface area contributed by atoms with Crippen LogP contribution in [0.2, 0.25) is 0 Å². The fourth-order valence-electron chi connectivity index (χ4n) is 0. The maximum Gasteiger partial charge on any atom is 0.0587 e. The average Bonchev–Trinajstić information content (AvgIpc) is 1.69. The lowest BCUT2D eigenvalue weighted by Crippen LogP contribution is -1.69. The molecule has 0 unspecified atom stereocenters. The second-order valence-electron chi connectivity index (χ2n) is 0.947. The van der Waals surface area contributed by atoms with Crippen LogP contribution in [0.25, 0.3) is 0 Å². The van der Waals surface area contributed by atoms with Gasteiger partial charge in [0.1, 0.15) is 0 Å². The Balaban J connectivity index is 0. The fraction of sp³-hybridized carbons (Fsp3) is 0.800. The van der Waals surface area contributed by atoms with Crippen molar-refractivity contribution < 1.29 is 5.11 Å². The van der Waals surface area contributed by atoms with Crippen molar-refractivity contribution in [3.8, 4) is 6.07 Å². The van der Waals surface area contributed by atoms with Crippen LogP contribution < -0.4 is 0 Å². The second kappa shape index (κ2) is 18.0. The van der Waals surface area contributed by atoms with E-state index < -0.39 is 0 Å². The first-order chi connectivity index (χ1) is 3.33. The largest absolute Gasteiger partial charge is 0.396 e. The van der Waals surface area contributed by atoms with Crippen LogP contribution in [-0.2, 0) is 0 Å². The first kappa shape index (κ1) is 9.67. The van der Waals surface area contributed by atoms with Crippen molar-refractivity contribution in [1.82, 2.24) is 0 Å². The number of aliphatic hydroxyl groups is 1. The Kier molecular flexibility index (Phi) is 24.8. The minimum absolute atomic E-state index is 0.319. The molecule has 0 fully saturated rings. The minimum atomic E-state index is 0.319. The van der Waals surface area contributed by atoms with E-state index in [4.69, 9.17) is 10.4 Å². The molecule has 0 aromatic heterocycles. The fourth-order valence-corrected chi connectivity index (χ4v) is 0. The minimum Gasteiger partial charge on any atom is -0.396 e. The second-order valence-corrected chi connectivity index (χ2v) is 0.947. The highest BCUT2D eigenvalue weighted by molar-refractivity contribution is 4.51. The number of aliphatic hydroxyl groups excluding tert-OH is 1. The Hall–Kier alpha value is -0.550. The summed E-state index contributed by atoms with van der Waals surface area (Å²) in [5.74, 6) is 0. The lowest BCUT2D eigenvalue weighted by Gasteiger charge is -1.69. The molecule has 0 spiro atoms. The summed E-state index contributed by atoms with van der Waals surface area (Å²) in [5.41, 5.74) is 0. The van der Waals surface area contributed by atoms with Gasteiger partial charge in [-0.3, -0.25) is 0 Å². The summed E-state index contributed by atoms with van der Waals surface area (Å²) in [6.07, 6.45) is 0.875. The van der Waals surface area contributed by atoms with E-state index in [1.165, 1.54) is 6.92 Å². The van der Waals surface area contributed by atoms with Crippen molar-refractivity contribution in [3.63, 3.8) is 0 Å². The van der Waals surface area contributed by atoms with Gasteiger partial charge in [-0.05, 0) is 6.42 Å². The molecule has 0 heterocycles. The molecule has 0 aliphatic carbocycles. The van der Waals surface area contributed by atoms with Gasteiger partial charge in [-0.25, -0.2) is 0 Å². The van der Waals surface area contributed by atoms with E-state index >= 15 is 0 Å². The molecule has 0 saturated heterocycles. The topological polar surface area (TPSA) is 44.0 Å². The maximum atomic E-state index is 7.88. The molecule has 7 heavy (non-hydrogen) atoms. The van der Waals surface area contributed by atoms with Crippen molar-refractivity contribution in [2.75, 3.05) is 6.61 Å². The van der Waals surface area contributed by atoms with Crippen molar-refractivity contribution in [1.29, 1.82) is 5.26 Å². The molecule has 0 aliphatic heterocycles. The third-order valence-corrected chi connectivity index (χ3v) is 0.224. The smallest absolute Gasteiger partial charge is 0.0587 e. The molecule has 0 rings (SSSR count). The molecular formula is C5H11NO. The zero-order chi connectivity index (χ0) is 6.12. The lowest BCUT2D eigenvalue weighted by molar-refractivity contribution is 0.295. The summed E-state index contributed by atoms with van der Waals surface area (Å²) in [6.45, 7) is 3.68. The van der Waals surface area contributed by atoms with E-state index in [0.29, 0.717) is 6.61 Å². The molecule has 2 nitrogen and oxygen atoms in total. The first-order valence-corrected chi connectivity index (χ1v) is 2.25. The zero-order valence-corrected chi connectivity index (χ0v) is 4.81. The predicted molar refractivity (Wildman–Crippen MR) is 28.7 cm³/mol. The van der Waals surface area contributed by atoms with Crippen molar-refractivity contribution in [3.05, 3.63) is 0 Å². The Bertz CT molecular complexity index is 44.5. The number of hydrogen-bond acceptors (Lipinski definition) is 2. The summed E-state index contributed by atoms with van der Waals surface area (Å²) in [7, 11) is 0. The normalized spacial score (nSPS) is 5.43. The molecule has 2 heteroatoms. The van der Waals surface area contributed by atoms with E-state index in [9.17, 15) is 0 Å². The van der Waals surface area contributed by atoms with Gasteiger partial charge in [-0.15, -0.1) is 0 Å². The Morgan fingerprint density at radius 2 is 1.86 bits per heavy atom. The van der Waals surface area contributed by atoms with Gasteiger partial charge in [0.15, 0.2) is 0 Å². The van der Waals surface area contributed by atoms with E-state index in [2.05, 4.69) is 0 Å². The van der Waals surface area contributed by atoms with Gasteiger partial charge in [0, 0.05) is 13.5 Å². The van der Waals surface area contributed by atoms with Gasteiger partial charge >= 0.3 is 0 Å². The Labute approximate surface area is 44.4 Å². The highest BCUT2D eigenvalue weighted by atomic mass is 16.2. The van der Waals surface area contributed by atoms with E-state index in [-0.39, 0.29) is 0 Å². The number of hydrogen-bond donors (Lipinski definition) is 1. The van der Waals surface area contributed by atoms with Crippen LogP contribution in [0.15, 0.2) is 0 Å². The van der Waals surface area contributed by atoms with E-state index in [0.717, 1.165) is 6.42 Å². The third kappa shape index (κ3) is 320. The number of nitriles is 1. The van der Waals surface area contributed by atoms with Gasteiger partial charge in [0.2, 0.25) is 0 Å². The third-order valence-electron chi connectivity index (χ3n) is 0.224. The molecule has 0 aliphatic rings. The van der Waals surface area contributed by atoms with Gasteiger partial charge in [0.25, 0.3) is 0 Å². The average molecular weight is 101 g/mol. The van der Waals surface area contributed by atoms with Gasteiger partial charge < -0.3 is 5.11 Å². The molecule has 0 bridgehead atoms. The standard InChI is InChI=1S/C3H8O.C2H3N/c1-2-3-4;1-2-3/h4H,2-3H2,1H3;1H3. The van der Waals surface area contributed by atoms with E-state index in [1.54, 1.807) is 6.07 Å². The van der Waals surface area contributed by atoms with Crippen molar-refractivity contribution >= 4 is 0 Å². The molecule has 0 saturated carbocycles. The quantitative estimate of drug-likeness (QED) is 0.533. The first-order valence-electron chi connectivity index (χ1n) is 2.25. The molecule has 0 radical (unpaired) electrons. The highest BCUT2D eigenvalue weighted by Gasteiger charge is 1.57. The summed E-state index contributed by atoms with van der Waals surface area (Å²) < 4.78 is 0. The molecular weight excluding hydrogens is 90.1 g/mol. The predicted octanol–water partition coefficient (Wildman–Crippen LogP) is 0.919. The summed E-state index contributed by atoms with van der Waals surface area (Å²) >= 11 is 0. The van der Waals surface area contributed by atoms with Crippen LogP contribution in [0.1, 0.15) is 20.3 Å². The van der Waals surface area contributed by atoms with Crippen LogP contribution in [-0.4, -0.2) is 11.7 Å². The van der Waals surface area contributed by atoms with Crippen LogP contribution in [0.5, 0.6) is 0 Å². The summed E-state index contributed by atoms with van der Waals surface area (Å²) in [5, 5.41) is 15.2. The Morgan fingerprint density at radius 1 is 1.71 bits per heavy atom. The molecule has 0 atom stereocenters. The number of rotatable bonds is 1. The molecule has 0 amide bonds. The maximum absolute atomic E-state index is 7.88. The van der Waals surface area contributed by atoms with Crippen molar-refractivity contribution in [2.24, 2.45) is 0 Å². The lowest BCUT2D eigenvalue weighted by atomic mass is 10.5. The highest BCUT2D eigenvalue weighted by Crippen LogP contribution is 1.61. The molecule has 1 N–H and O–H groups in total. The Morgan fingerprint density at radius 3 is 1.86 bits per heavy atom. The monoisotopic (exact) mass is 101 g/mol. The van der Waals surface area contributed by atoms with Gasteiger partial charge in [0.05, 0.1) is 6.07 Å². The molecule has 42 valence electrons. The number of nitrogens with zero attached hydrogens (tertiary/aromatic N) is 1. The zero-order valence-electron chi connectivity index (χ0n) is 4.81. The van der Waals surface area contributed by atoms with Crippen molar-refractivity contribution in [2.45, 2.75) is 20.3 Å². The van der Waals surface area contributed by atoms with Crippen LogP contribution in [0.3, 0.4) is 0 Å². The molecule has 0 aromatic carbocycles. The van der Waals surface area contributed by atoms with Gasteiger partial charge in [-0.1, -0.05) is 6.92 Å². The van der Waals surface area contributed by atoms with Crippen LogP contribution in [0.4, 0.5) is 0 Å². The van der Waals surface area contributed by atoms with Gasteiger partial charge in [-0.2, -0.15) is 5.26 Å².